The molecule has 0 aliphatic heterocycles. The molecule has 1 aliphatic carbocycles. The third-order valence-electron chi connectivity index (χ3n) is 2.07. The van der Waals surface area contributed by atoms with Gasteiger partial charge in [-0.1, -0.05) is 0 Å². The first-order valence-corrected chi connectivity index (χ1v) is 4.71. The Labute approximate surface area is 84.4 Å². The van der Waals surface area contributed by atoms with Crippen LogP contribution in [-0.4, -0.2) is 36.4 Å². The summed E-state index contributed by atoms with van der Waals surface area (Å²) in [4.78, 5) is 10.6. The fourth-order valence-corrected chi connectivity index (χ4v) is 1.68. The molecule has 0 amide bonds. The molecule has 1 saturated carbocycles. The molecule has 0 radical (unpaired) electrons. The molecule has 5 heteroatoms. The average molecular weight is 204 g/mol. The second kappa shape index (κ2) is 6.75. The highest BCUT2D eigenvalue weighted by Gasteiger charge is 2.26. The Balaban J connectivity index is 0.000000791. The van der Waals surface area contributed by atoms with E-state index in [1.165, 1.54) is 6.92 Å². The van der Waals surface area contributed by atoms with Gasteiger partial charge < -0.3 is 21.3 Å². The average Bonchev–Trinajstić information content (AvgIpc) is 2.04. The summed E-state index contributed by atoms with van der Waals surface area (Å²) in [6.07, 6.45) is 2.25. The Hall–Kier alpha value is -0.650. The molecule has 0 spiro atoms. The maximum absolute atomic E-state index is 10.6. The van der Waals surface area contributed by atoms with Crippen molar-refractivity contribution in [2.24, 2.45) is 11.5 Å². The molecule has 2 atom stereocenters. The molecule has 2 unspecified atom stereocenters. The smallest absolute Gasteiger partial charge is 0.302 e. The first kappa shape index (κ1) is 13.4. The van der Waals surface area contributed by atoms with E-state index in [9.17, 15) is 4.79 Å². The van der Waals surface area contributed by atoms with Crippen molar-refractivity contribution >= 4 is 5.97 Å². The van der Waals surface area contributed by atoms with Gasteiger partial charge in [0.2, 0.25) is 0 Å². The van der Waals surface area contributed by atoms with Gasteiger partial charge in [-0.3, -0.25) is 4.79 Å². The van der Waals surface area contributed by atoms with Gasteiger partial charge in [0.25, 0.3) is 0 Å². The van der Waals surface area contributed by atoms with E-state index in [0.29, 0.717) is 0 Å². The van der Waals surface area contributed by atoms with Gasteiger partial charge in [-0.25, -0.2) is 0 Å². The van der Waals surface area contributed by atoms with Crippen LogP contribution in [0.25, 0.3) is 0 Å². The Bertz CT molecular complexity index is 165. The van der Waals surface area contributed by atoms with Gasteiger partial charge in [0, 0.05) is 26.1 Å². The number of hydrogen-bond donors (Lipinski definition) is 3. The van der Waals surface area contributed by atoms with E-state index >= 15 is 0 Å². The van der Waals surface area contributed by atoms with Crippen LogP contribution in [0.15, 0.2) is 0 Å². The SMILES string of the molecule is CC(=O)OC1CC(N)CC(N)C1.CO. The predicted molar refractivity (Wildman–Crippen MR) is 53.5 cm³/mol. The minimum Gasteiger partial charge on any atom is -0.462 e. The fraction of sp³-hybridized carbons (Fsp3) is 0.889. The van der Waals surface area contributed by atoms with Crippen LogP contribution < -0.4 is 11.5 Å². The van der Waals surface area contributed by atoms with Crippen LogP contribution in [0.2, 0.25) is 0 Å². The quantitative estimate of drug-likeness (QED) is 0.494. The van der Waals surface area contributed by atoms with E-state index in [2.05, 4.69) is 0 Å². The maximum Gasteiger partial charge on any atom is 0.302 e. The number of carbonyl (C=O) groups excluding carboxylic acids is 1. The summed E-state index contributed by atoms with van der Waals surface area (Å²) < 4.78 is 5.03. The highest BCUT2D eigenvalue weighted by molar-refractivity contribution is 5.66. The van der Waals surface area contributed by atoms with Crippen LogP contribution in [0, 0.1) is 0 Å². The highest BCUT2D eigenvalue weighted by atomic mass is 16.5. The number of hydrogen-bond acceptors (Lipinski definition) is 5. The molecule has 0 aromatic rings. The number of carbonyl (C=O) groups is 1. The lowest BCUT2D eigenvalue weighted by molar-refractivity contribution is -0.148. The van der Waals surface area contributed by atoms with E-state index in [-0.39, 0.29) is 24.2 Å². The van der Waals surface area contributed by atoms with Gasteiger partial charge in [0.15, 0.2) is 0 Å². The number of aliphatic hydroxyl groups is 1. The number of rotatable bonds is 1. The summed E-state index contributed by atoms with van der Waals surface area (Å²) in [5.41, 5.74) is 11.4. The number of ether oxygens (including phenoxy) is 1. The molecule has 1 rings (SSSR count). The molecular weight excluding hydrogens is 184 g/mol. The molecule has 5 nitrogen and oxygen atoms in total. The molecule has 84 valence electrons. The predicted octanol–water partition coefficient (Wildman–Crippen LogP) is -0.635. The zero-order valence-electron chi connectivity index (χ0n) is 8.77. The van der Waals surface area contributed by atoms with Gasteiger partial charge in [-0.15, -0.1) is 0 Å². The lowest BCUT2D eigenvalue weighted by Crippen LogP contribution is -2.43. The van der Waals surface area contributed by atoms with Crippen LogP contribution in [0.5, 0.6) is 0 Å². The van der Waals surface area contributed by atoms with Crippen molar-refractivity contribution in [2.45, 2.75) is 44.4 Å². The molecule has 0 aromatic heterocycles. The molecule has 1 aliphatic rings. The van der Waals surface area contributed by atoms with E-state index in [0.717, 1.165) is 26.4 Å². The fourth-order valence-electron chi connectivity index (χ4n) is 1.68. The van der Waals surface area contributed by atoms with Gasteiger partial charge in [-0.2, -0.15) is 0 Å². The van der Waals surface area contributed by atoms with Crippen molar-refractivity contribution in [3.05, 3.63) is 0 Å². The highest BCUT2D eigenvalue weighted by Crippen LogP contribution is 2.19. The zero-order chi connectivity index (χ0) is 11.1. The normalized spacial score (nSPS) is 31.4. The van der Waals surface area contributed by atoms with Crippen LogP contribution in [0.1, 0.15) is 26.2 Å². The van der Waals surface area contributed by atoms with E-state index in [4.69, 9.17) is 21.3 Å². The van der Waals surface area contributed by atoms with E-state index in [1.54, 1.807) is 0 Å². The standard InChI is InChI=1S/C8H16N2O2.CH4O/c1-5(11)12-8-3-6(9)2-7(10)4-8;1-2/h6-8H,2-4,9-10H2,1H3;2H,1H3. The summed E-state index contributed by atoms with van der Waals surface area (Å²) in [5.74, 6) is -0.249. The third kappa shape index (κ3) is 5.16. The summed E-state index contributed by atoms with van der Waals surface area (Å²) in [7, 11) is 1.00. The van der Waals surface area contributed by atoms with Crippen molar-refractivity contribution < 1.29 is 14.6 Å². The molecule has 0 heterocycles. The molecule has 14 heavy (non-hydrogen) atoms. The molecule has 0 aromatic carbocycles. The van der Waals surface area contributed by atoms with E-state index in [1.807, 2.05) is 0 Å². The van der Waals surface area contributed by atoms with Gasteiger partial charge in [0.05, 0.1) is 0 Å². The lowest BCUT2D eigenvalue weighted by Gasteiger charge is -2.30. The molecule has 0 bridgehead atoms. The number of nitrogens with two attached hydrogens (primary N) is 2. The largest absolute Gasteiger partial charge is 0.462 e. The van der Waals surface area contributed by atoms with Crippen LogP contribution >= 0.6 is 0 Å². The van der Waals surface area contributed by atoms with Crippen LogP contribution in [-0.2, 0) is 9.53 Å². The Morgan fingerprint density at radius 2 is 1.64 bits per heavy atom. The first-order valence-electron chi connectivity index (χ1n) is 4.71. The van der Waals surface area contributed by atoms with Crippen LogP contribution in [0.4, 0.5) is 0 Å². The van der Waals surface area contributed by atoms with Crippen molar-refractivity contribution in [3.8, 4) is 0 Å². The summed E-state index contributed by atoms with van der Waals surface area (Å²) in [6.45, 7) is 1.41. The van der Waals surface area contributed by atoms with Crippen molar-refractivity contribution in [3.63, 3.8) is 0 Å². The molecule has 1 fully saturated rings. The monoisotopic (exact) mass is 204 g/mol. The lowest BCUT2D eigenvalue weighted by atomic mass is 9.90. The van der Waals surface area contributed by atoms with Crippen molar-refractivity contribution in [1.82, 2.24) is 0 Å². The number of aliphatic hydroxyl groups excluding tert-OH is 1. The summed E-state index contributed by atoms with van der Waals surface area (Å²) in [5, 5.41) is 7.00. The maximum atomic E-state index is 10.6. The summed E-state index contributed by atoms with van der Waals surface area (Å²) in [6, 6.07) is 0.163. The Morgan fingerprint density at radius 1 is 1.21 bits per heavy atom. The van der Waals surface area contributed by atoms with Gasteiger partial charge in [0.1, 0.15) is 6.10 Å². The first-order chi connectivity index (χ1) is 6.58. The Kier molecular flexibility index (Phi) is 6.44. The van der Waals surface area contributed by atoms with Gasteiger partial charge in [-0.05, 0) is 19.3 Å². The molecular formula is C9H20N2O3. The third-order valence-corrected chi connectivity index (χ3v) is 2.07. The minimum atomic E-state index is -0.249. The molecule has 0 saturated heterocycles. The minimum absolute atomic E-state index is 0.0683. The second-order valence-corrected chi connectivity index (χ2v) is 3.46. The van der Waals surface area contributed by atoms with Crippen molar-refractivity contribution in [1.29, 1.82) is 0 Å². The second-order valence-electron chi connectivity index (χ2n) is 3.46. The topological polar surface area (TPSA) is 98.6 Å². The van der Waals surface area contributed by atoms with Gasteiger partial charge >= 0.3 is 5.97 Å². The molecule has 5 N–H and O–H groups in total. The summed E-state index contributed by atoms with van der Waals surface area (Å²) >= 11 is 0. The van der Waals surface area contributed by atoms with E-state index < -0.39 is 0 Å². The number of esters is 1. The zero-order valence-corrected chi connectivity index (χ0v) is 8.77. The van der Waals surface area contributed by atoms with Crippen molar-refractivity contribution in [2.75, 3.05) is 7.11 Å². The Morgan fingerprint density at radius 3 is 2.00 bits per heavy atom. The van der Waals surface area contributed by atoms with Crippen LogP contribution in [0.3, 0.4) is 0 Å².